The van der Waals surface area contributed by atoms with Gasteiger partial charge >= 0.3 is 0 Å². The van der Waals surface area contributed by atoms with Gasteiger partial charge in [-0.05, 0) is 25.1 Å². The van der Waals surface area contributed by atoms with Gasteiger partial charge in [-0.1, -0.05) is 23.4 Å². The number of hydrogen-bond acceptors (Lipinski definition) is 1. The van der Waals surface area contributed by atoms with Crippen LogP contribution in [-0.4, -0.2) is 11.7 Å². The molecule has 78 valence electrons. The van der Waals surface area contributed by atoms with Gasteiger partial charge in [-0.25, -0.2) is 0 Å². The van der Waals surface area contributed by atoms with Crippen LogP contribution in [0.5, 0.6) is 0 Å². The highest BCUT2D eigenvalue weighted by Crippen LogP contribution is 2.17. The number of halogens is 2. The van der Waals surface area contributed by atoms with Crippen molar-refractivity contribution in [2.75, 3.05) is 5.88 Å². The van der Waals surface area contributed by atoms with E-state index in [1.165, 1.54) is 6.92 Å². The molecular formula is C12H10Cl2O. The molecule has 15 heavy (non-hydrogen) atoms. The highest BCUT2D eigenvalue weighted by atomic mass is 35.5. The molecule has 1 nitrogen and oxygen atoms in total. The molecule has 0 spiro atoms. The van der Waals surface area contributed by atoms with Crippen molar-refractivity contribution in [3.63, 3.8) is 0 Å². The zero-order valence-electron chi connectivity index (χ0n) is 8.31. The third kappa shape index (κ3) is 3.58. The summed E-state index contributed by atoms with van der Waals surface area (Å²) >= 11 is 11.4. The molecule has 0 radical (unpaired) electrons. The van der Waals surface area contributed by atoms with Gasteiger partial charge in [0.05, 0.1) is 5.02 Å². The Morgan fingerprint density at radius 3 is 2.80 bits per heavy atom. The van der Waals surface area contributed by atoms with Gasteiger partial charge in [-0.15, -0.1) is 11.6 Å². The maximum Gasteiger partial charge on any atom is 0.161 e. The molecular weight excluding hydrogens is 231 g/mol. The van der Waals surface area contributed by atoms with Crippen LogP contribution in [0.25, 0.3) is 0 Å². The van der Waals surface area contributed by atoms with Crippen molar-refractivity contribution in [3.05, 3.63) is 34.3 Å². The molecule has 1 aromatic rings. The lowest BCUT2D eigenvalue weighted by Gasteiger charge is -1.99. The second-order valence-corrected chi connectivity index (χ2v) is 3.78. The van der Waals surface area contributed by atoms with Crippen LogP contribution >= 0.6 is 23.2 Å². The van der Waals surface area contributed by atoms with Crippen LogP contribution in [-0.2, 0) is 0 Å². The monoisotopic (exact) mass is 240 g/mol. The van der Waals surface area contributed by atoms with E-state index in [4.69, 9.17) is 23.2 Å². The lowest BCUT2D eigenvalue weighted by atomic mass is 10.1. The highest BCUT2D eigenvalue weighted by molar-refractivity contribution is 6.33. The van der Waals surface area contributed by atoms with Crippen molar-refractivity contribution in [2.45, 2.75) is 13.3 Å². The number of ketones is 1. The Balaban J connectivity index is 2.99. The number of carbonyl (C=O) groups is 1. The number of Topliss-reactive ketones (excluding diaryl/α,β-unsaturated/α-hetero) is 1. The van der Waals surface area contributed by atoms with E-state index < -0.39 is 0 Å². The van der Waals surface area contributed by atoms with Crippen LogP contribution in [0.3, 0.4) is 0 Å². The fraction of sp³-hybridized carbons (Fsp3) is 0.250. The summed E-state index contributed by atoms with van der Waals surface area (Å²) in [4.78, 5) is 11.2. The summed E-state index contributed by atoms with van der Waals surface area (Å²) in [5.41, 5.74) is 1.30. The van der Waals surface area contributed by atoms with Crippen molar-refractivity contribution in [2.24, 2.45) is 0 Å². The first-order valence-electron chi connectivity index (χ1n) is 4.50. The van der Waals surface area contributed by atoms with Gasteiger partial charge in [0, 0.05) is 23.4 Å². The van der Waals surface area contributed by atoms with Crippen LogP contribution in [0, 0.1) is 11.8 Å². The van der Waals surface area contributed by atoms with Crippen LogP contribution in [0.4, 0.5) is 0 Å². The summed E-state index contributed by atoms with van der Waals surface area (Å²) in [6.45, 7) is 1.48. The van der Waals surface area contributed by atoms with E-state index in [0.29, 0.717) is 22.9 Å². The van der Waals surface area contributed by atoms with Gasteiger partial charge < -0.3 is 0 Å². The van der Waals surface area contributed by atoms with E-state index in [1.54, 1.807) is 18.2 Å². The average Bonchev–Trinajstić information content (AvgIpc) is 2.20. The van der Waals surface area contributed by atoms with Gasteiger partial charge in [0.1, 0.15) is 0 Å². The van der Waals surface area contributed by atoms with Crippen LogP contribution in [0.1, 0.15) is 29.3 Å². The summed E-state index contributed by atoms with van der Waals surface area (Å²) in [5.74, 6) is 6.28. The summed E-state index contributed by atoms with van der Waals surface area (Å²) < 4.78 is 0. The second-order valence-electron chi connectivity index (χ2n) is 2.99. The van der Waals surface area contributed by atoms with Gasteiger partial charge in [-0.2, -0.15) is 0 Å². The molecule has 0 aromatic heterocycles. The molecule has 0 amide bonds. The summed E-state index contributed by atoms with van der Waals surface area (Å²) in [7, 11) is 0. The molecule has 0 N–H and O–H groups in total. The van der Waals surface area contributed by atoms with E-state index in [-0.39, 0.29) is 5.78 Å². The van der Waals surface area contributed by atoms with Crippen molar-refractivity contribution in [1.29, 1.82) is 0 Å². The smallest absolute Gasteiger partial charge is 0.161 e. The minimum atomic E-state index is -0.0546. The molecule has 0 heterocycles. The molecule has 0 aliphatic carbocycles. The summed E-state index contributed by atoms with van der Waals surface area (Å²) in [6.07, 6.45) is 0.638. The predicted molar refractivity (Wildman–Crippen MR) is 63.7 cm³/mol. The third-order valence-corrected chi connectivity index (χ3v) is 2.32. The Bertz CT molecular complexity index is 427. The number of carbonyl (C=O) groups excluding carboxylic acids is 1. The highest BCUT2D eigenvalue weighted by Gasteiger charge is 2.05. The standard InChI is InChI=1S/C12H10Cl2O/c1-9(15)11-8-10(4-2-3-7-13)5-6-12(11)14/h5-6,8H,3,7H2,1H3. The molecule has 1 aromatic carbocycles. The van der Waals surface area contributed by atoms with Crippen LogP contribution in [0.15, 0.2) is 18.2 Å². The van der Waals surface area contributed by atoms with Crippen LogP contribution in [0.2, 0.25) is 5.02 Å². The summed E-state index contributed by atoms with van der Waals surface area (Å²) in [5, 5.41) is 0.463. The van der Waals surface area contributed by atoms with Crippen molar-refractivity contribution >= 4 is 29.0 Å². The quantitative estimate of drug-likeness (QED) is 0.439. The van der Waals surface area contributed by atoms with Gasteiger partial charge in [0.25, 0.3) is 0 Å². The number of hydrogen-bond donors (Lipinski definition) is 0. The van der Waals surface area contributed by atoms with Crippen molar-refractivity contribution in [3.8, 4) is 11.8 Å². The first kappa shape index (κ1) is 12.1. The lowest BCUT2D eigenvalue weighted by molar-refractivity contribution is 0.101. The van der Waals surface area contributed by atoms with Gasteiger partial charge in [0.15, 0.2) is 5.78 Å². The molecule has 0 saturated carbocycles. The predicted octanol–water partition coefficient (Wildman–Crippen LogP) is 3.52. The molecule has 1 rings (SSSR count). The minimum Gasteiger partial charge on any atom is -0.294 e. The second kappa shape index (κ2) is 5.80. The SMILES string of the molecule is CC(=O)c1cc(C#CCCCl)ccc1Cl. The molecule has 0 unspecified atom stereocenters. The molecule has 0 saturated heterocycles. The van der Waals surface area contributed by atoms with E-state index in [2.05, 4.69) is 11.8 Å². The summed E-state index contributed by atoms with van der Waals surface area (Å²) in [6, 6.07) is 5.17. The third-order valence-electron chi connectivity index (χ3n) is 1.80. The van der Waals surface area contributed by atoms with E-state index >= 15 is 0 Å². The zero-order chi connectivity index (χ0) is 11.3. The van der Waals surface area contributed by atoms with Crippen molar-refractivity contribution < 1.29 is 4.79 Å². The topological polar surface area (TPSA) is 17.1 Å². The fourth-order valence-corrected chi connectivity index (χ4v) is 1.43. The number of rotatable bonds is 2. The fourth-order valence-electron chi connectivity index (χ4n) is 1.08. The van der Waals surface area contributed by atoms with Gasteiger partial charge in [0.2, 0.25) is 0 Å². The van der Waals surface area contributed by atoms with E-state index in [0.717, 1.165) is 5.56 Å². The largest absolute Gasteiger partial charge is 0.294 e. The molecule has 0 aliphatic rings. The van der Waals surface area contributed by atoms with E-state index in [1.807, 2.05) is 0 Å². The minimum absolute atomic E-state index is 0.0546. The molecule has 3 heteroatoms. The Morgan fingerprint density at radius 1 is 1.47 bits per heavy atom. The Hall–Kier alpha value is -0.970. The first-order chi connectivity index (χ1) is 7.15. The Morgan fingerprint density at radius 2 is 2.20 bits per heavy atom. The van der Waals surface area contributed by atoms with E-state index in [9.17, 15) is 4.79 Å². The Kier molecular flexibility index (Phi) is 4.68. The molecule has 0 fully saturated rings. The normalized spacial score (nSPS) is 9.27. The average molecular weight is 241 g/mol. The maximum absolute atomic E-state index is 11.2. The maximum atomic E-state index is 11.2. The van der Waals surface area contributed by atoms with Crippen LogP contribution < -0.4 is 0 Å². The van der Waals surface area contributed by atoms with Crippen molar-refractivity contribution in [1.82, 2.24) is 0 Å². The zero-order valence-corrected chi connectivity index (χ0v) is 9.82. The Labute approximate surface area is 99.4 Å². The molecule has 0 aliphatic heterocycles. The first-order valence-corrected chi connectivity index (χ1v) is 5.41. The number of alkyl halides is 1. The van der Waals surface area contributed by atoms with Gasteiger partial charge in [-0.3, -0.25) is 4.79 Å². The number of benzene rings is 1. The lowest BCUT2D eigenvalue weighted by Crippen LogP contribution is -1.93. The molecule has 0 atom stereocenters. The molecule has 0 bridgehead atoms.